The molecule has 0 N–H and O–H groups in total. The van der Waals surface area contributed by atoms with E-state index in [0.717, 1.165) is 23.0 Å². The average molecular weight is 273 g/mol. The molecule has 0 aliphatic rings. The number of rotatable bonds is 2. The van der Waals surface area contributed by atoms with Crippen molar-refractivity contribution in [1.29, 1.82) is 0 Å². The maximum absolute atomic E-state index is 13.8. The number of aromatic nitrogens is 3. The molecular formula is C11H7F4N3O. The molecule has 100 valence electrons. The van der Waals surface area contributed by atoms with E-state index < -0.39 is 28.9 Å². The van der Waals surface area contributed by atoms with Crippen molar-refractivity contribution in [3.05, 3.63) is 47.0 Å². The van der Waals surface area contributed by atoms with Crippen molar-refractivity contribution in [3.8, 4) is 0 Å². The second-order valence-electron chi connectivity index (χ2n) is 3.74. The Balaban J connectivity index is 2.53. The largest absolute Gasteiger partial charge is 0.419 e. The highest BCUT2D eigenvalue weighted by Crippen LogP contribution is 2.32. The molecule has 1 aromatic heterocycles. The van der Waals surface area contributed by atoms with Crippen molar-refractivity contribution >= 4 is 5.78 Å². The molecule has 1 heterocycles. The third-order valence-corrected chi connectivity index (χ3v) is 2.50. The van der Waals surface area contributed by atoms with Gasteiger partial charge in [-0.25, -0.2) is 9.07 Å². The van der Waals surface area contributed by atoms with Gasteiger partial charge in [-0.05, 0) is 12.1 Å². The van der Waals surface area contributed by atoms with E-state index in [9.17, 15) is 22.4 Å². The SMILES string of the molecule is Cn1nncc1C(=O)c1cccc(C(F)(F)F)c1F. The Bertz CT molecular complexity index is 633. The second kappa shape index (κ2) is 4.45. The zero-order valence-electron chi connectivity index (χ0n) is 9.57. The summed E-state index contributed by atoms with van der Waals surface area (Å²) in [5, 5.41) is 6.88. The summed E-state index contributed by atoms with van der Waals surface area (Å²) < 4.78 is 52.4. The van der Waals surface area contributed by atoms with E-state index >= 15 is 0 Å². The summed E-state index contributed by atoms with van der Waals surface area (Å²) in [6.07, 6.45) is -3.80. The van der Waals surface area contributed by atoms with Gasteiger partial charge < -0.3 is 0 Å². The molecule has 0 atom stereocenters. The minimum atomic E-state index is -4.86. The van der Waals surface area contributed by atoms with Gasteiger partial charge in [0.2, 0.25) is 5.78 Å². The van der Waals surface area contributed by atoms with E-state index in [-0.39, 0.29) is 5.69 Å². The molecular weight excluding hydrogens is 266 g/mol. The van der Waals surface area contributed by atoms with Gasteiger partial charge in [-0.3, -0.25) is 4.79 Å². The maximum Gasteiger partial charge on any atom is 0.419 e. The molecule has 0 saturated carbocycles. The summed E-state index contributed by atoms with van der Waals surface area (Å²) in [7, 11) is 1.38. The molecule has 0 fully saturated rings. The lowest BCUT2D eigenvalue weighted by atomic mass is 10.0. The Morgan fingerprint density at radius 3 is 2.53 bits per heavy atom. The highest BCUT2D eigenvalue weighted by molar-refractivity contribution is 6.07. The number of hydrogen-bond acceptors (Lipinski definition) is 3. The smallest absolute Gasteiger partial charge is 0.287 e. The van der Waals surface area contributed by atoms with Crippen molar-refractivity contribution < 1.29 is 22.4 Å². The number of hydrogen-bond donors (Lipinski definition) is 0. The van der Waals surface area contributed by atoms with Gasteiger partial charge in [-0.15, -0.1) is 5.10 Å². The van der Waals surface area contributed by atoms with Gasteiger partial charge >= 0.3 is 6.18 Å². The molecule has 0 unspecified atom stereocenters. The van der Waals surface area contributed by atoms with Crippen LogP contribution in [0.3, 0.4) is 0 Å². The number of aryl methyl sites for hydroxylation is 1. The lowest BCUT2D eigenvalue weighted by Crippen LogP contribution is -2.15. The quantitative estimate of drug-likeness (QED) is 0.622. The molecule has 0 saturated heterocycles. The number of ketones is 1. The Hall–Kier alpha value is -2.25. The molecule has 2 rings (SSSR count). The molecule has 1 aromatic carbocycles. The number of alkyl halides is 3. The van der Waals surface area contributed by atoms with Crippen LogP contribution in [0.25, 0.3) is 0 Å². The molecule has 2 aromatic rings. The lowest BCUT2D eigenvalue weighted by Gasteiger charge is -2.10. The van der Waals surface area contributed by atoms with E-state index in [1.54, 1.807) is 0 Å². The number of carbonyl (C=O) groups excluding carboxylic acids is 1. The molecule has 19 heavy (non-hydrogen) atoms. The molecule has 0 amide bonds. The van der Waals surface area contributed by atoms with Crippen molar-refractivity contribution in [2.24, 2.45) is 7.05 Å². The standard InChI is InChI=1S/C11H7F4N3O/c1-18-8(5-16-17-18)10(19)6-3-2-4-7(9(6)12)11(13,14)15/h2-5H,1H3. The topological polar surface area (TPSA) is 47.8 Å². The van der Waals surface area contributed by atoms with Crippen LogP contribution in [0.15, 0.2) is 24.4 Å². The average Bonchev–Trinajstić information content (AvgIpc) is 2.73. The number of benzene rings is 1. The van der Waals surface area contributed by atoms with Crippen LogP contribution in [0, 0.1) is 5.82 Å². The van der Waals surface area contributed by atoms with Gasteiger partial charge in [0.25, 0.3) is 0 Å². The van der Waals surface area contributed by atoms with Crippen LogP contribution in [0.1, 0.15) is 21.6 Å². The fraction of sp³-hybridized carbons (Fsp3) is 0.182. The van der Waals surface area contributed by atoms with Gasteiger partial charge in [0, 0.05) is 7.05 Å². The molecule has 4 nitrogen and oxygen atoms in total. The van der Waals surface area contributed by atoms with Gasteiger partial charge in [-0.2, -0.15) is 13.2 Å². The minimum absolute atomic E-state index is 0.0989. The summed E-state index contributed by atoms with van der Waals surface area (Å²) in [5.74, 6) is -2.50. The van der Waals surface area contributed by atoms with E-state index in [1.165, 1.54) is 7.05 Å². The van der Waals surface area contributed by atoms with Crippen molar-refractivity contribution in [2.45, 2.75) is 6.18 Å². The molecule has 0 spiro atoms. The van der Waals surface area contributed by atoms with Crippen LogP contribution in [0.5, 0.6) is 0 Å². The van der Waals surface area contributed by atoms with E-state index in [0.29, 0.717) is 6.07 Å². The second-order valence-corrected chi connectivity index (χ2v) is 3.74. The first-order valence-electron chi connectivity index (χ1n) is 5.07. The van der Waals surface area contributed by atoms with Crippen LogP contribution in [-0.4, -0.2) is 20.8 Å². The van der Waals surface area contributed by atoms with Crippen LogP contribution in [-0.2, 0) is 13.2 Å². The third kappa shape index (κ3) is 2.33. The fourth-order valence-corrected chi connectivity index (χ4v) is 1.56. The third-order valence-electron chi connectivity index (χ3n) is 2.50. The van der Waals surface area contributed by atoms with Crippen molar-refractivity contribution in [3.63, 3.8) is 0 Å². The van der Waals surface area contributed by atoms with Gasteiger partial charge in [-0.1, -0.05) is 11.3 Å². The Labute approximate surface area is 104 Å². The monoisotopic (exact) mass is 273 g/mol. The first-order chi connectivity index (χ1) is 8.82. The summed E-state index contributed by atoms with van der Waals surface area (Å²) in [4.78, 5) is 11.9. The molecule has 0 radical (unpaired) electrons. The molecule has 0 bridgehead atoms. The fourth-order valence-electron chi connectivity index (χ4n) is 1.56. The zero-order valence-corrected chi connectivity index (χ0v) is 9.57. The first-order valence-corrected chi connectivity index (χ1v) is 5.07. The van der Waals surface area contributed by atoms with Crippen LogP contribution in [0.4, 0.5) is 17.6 Å². The van der Waals surface area contributed by atoms with E-state index in [4.69, 9.17) is 0 Å². The Kier molecular flexibility index (Phi) is 3.09. The van der Waals surface area contributed by atoms with E-state index in [1.807, 2.05) is 0 Å². The Morgan fingerprint density at radius 1 is 1.32 bits per heavy atom. The van der Waals surface area contributed by atoms with Crippen LogP contribution in [0.2, 0.25) is 0 Å². The van der Waals surface area contributed by atoms with Crippen LogP contribution < -0.4 is 0 Å². The zero-order chi connectivity index (χ0) is 14.2. The molecule has 0 aliphatic heterocycles. The predicted molar refractivity (Wildman–Crippen MR) is 55.8 cm³/mol. The first kappa shape index (κ1) is 13.2. The summed E-state index contributed by atoms with van der Waals surface area (Å²) in [5.41, 5.74) is -2.24. The van der Waals surface area contributed by atoms with Gasteiger partial charge in [0.1, 0.15) is 11.5 Å². The summed E-state index contributed by atoms with van der Waals surface area (Å²) in [6.45, 7) is 0. The maximum atomic E-state index is 13.8. The van der Waals surface area contributed by atoms with Crippen molar-refractivity contribution in [1.82, 2.24) is 15.0 Å². The summed E-state index contributed by atoms with van der Waals surface area (Å²) in [6, 6.07) is 2.54. The number of nitrogens with zero attached hydrogens (tertiary/aromatic N) is 3. The van der Waals surface area contributed by atoms with Crippen molar-refractivity contribution in [2.75, 3.05) is 0 Å². The Morgan fingerprint density at radius 2 is 2.00 bits per heavy atom. The highest BCUT2D eigenvalue weighted by Gasteiger charge is 2.36. The highest BCUT2D eigenvalue weighted by atomic mass is 19.4. The number of carbonyl (C=O) groups is 1. The normalized spacial score (nSPS) is 11.6. The number of halogens is 4. The lowest BCUT2D eigenvalue weighted by molar-refractivity contribution is -0.140. The predicted octanol–water partition coefficient (Wildman–Crippen LogP) is 2.20. The molecule has 8 heteroatoms. The van der Waals surface area contributed by atoms with E-state index in [2.05, 4.69) is 10.3 Å². The molecule has 0 aliphatic carbocycles. The minimum Gasteiger partial charge on any atom is -0.287 e. The summed E-state index contributed by atoms with van der Waals surface area (Å²) >= 11 is 0. The van der Waals surface area contributed by atoms with Gasteiger partial charge in [0.05, 0.1) is 17.3 Å². The van der Waals surface area contributed by atoms with Crippen LogP contribution >= 0.6 is 0 Å². The van der Waals surface area contributed by atoms with Gasteiger partial charge in [0.15, 0.2) is 0 Å².